The molecule has 1 rings (SSSR count). The summed E-state index contributed by atoms with van der Waals surface area (Å²) >= 11 is 0. The zero-order chi connectivity index (χ0) is 11.3. The largest absolute Gasteiger partial charge is 0.357 e. The predicted octanol–water partition coefficient (Wildman–Crippen LogP) is -0.199. The van der Waals surface area contributed by atoms with Gasteiger partial charge in [-0.05, 0) is 26.3 Å². The molecule has 1 saturated heterocycles. The Balaban J connectivity index is 0.00000225. The number of rotatable bonds is 3. The quantitative estimate of drug-likeness (QED) is 0.649. The van der Waals surface area contributed by atoms with Crippen LogP contribution < -0.4 is 16.0 Å². The van der Waals surface area contributed by atoms with E-state index in [1.165, 1.54) is 0 Å². The van der Waals surface area contributed by atoms with E-state index in [0.29, 0.717) is 0 Å². The Morgan fingerprint density at radius 2 is 2.06 bits per heavy atom. The van der Waals surface area contributed by atoms with Crippen molar-refractivity contribution in [2.45, 2.75) is 38.3 Å². The SMILES string of the molecule is CNC(=O)[C@@H](C)NC(=O)[C@@H]1CCCCN1.Cl. The molecule has 0 spiro atoms. The van der Waals surface area contributed by atoms with Crippen LogP contribution in [0, 0.1) is 0 Å². The number of carbonyl (C=O) groups is 2. The summed E-state index contributed by atoms with van der Waals surface area (Å²) in [5, 5.41) is 8.32. The average molecular weight is 250 g/mol. The molecule has 6 heteroatoms. The highest BCUT2D eigenvalue weighted by molar-refractivity contribution is 5.89. The number of carbonyl (C=O) groups excluding carboxylic acids is 2. The Kier molecular flexibility index (Phi) is 7.08. The van der Waals surface area contributed by atoms with E-state index in [9.17, 15) is 9.59 Å². The smallest absolute Gasteiger partial charge is 0.242 e. The summed E-state index contributed by atoms with van der Waals surface area (Å²) < 4.78 is 0. The third-order valence-corrected chi connectivity index (χ3v) is 2.63. The molecule has 1 heterocycles. The summed E-state index contributed by atoms with van der Waals surface area (Å²) in [7, 11) is 1.56. The van der Waals surface area contributed by atoms with Gasteiger partial charge in [-0.25, -0.2) is 0 Å². The molecule has 1 aliphatic heterocycles. The number of likely N-dealkylation sites (N-methyl/N-ethyl adjacent to an activating group) is 1. The lowest BCUT2D eigenvalue weighted by molar-refractivity contribution is -0.129. The van der Waals surface area contributed by atoms with Gasteiger partial charge >= 0.3 is 0 Å². The number of halogens is 1. The van der Waals surface area contributed by atoms with Crippen molar-refractivity contribution in [3.8, 4) is 0 Å². The highest BCUT2D eigenvalue weighted by atomic mass is 35.5. The number of amides is 2. The summed E-state index contributed by atoms with van der Waals surface area (Å²) in [5.74, 6) is -0.245. The number of hydrogen-bond donors (Lipinski definition) is 3. The van der Waals surface area contributed by atoms with Gasteiger partial charge in [-0.15, -0.1) is 12.4 Å². The summed E-state index contributed by atoms with van der Waals surface area (Å²) in [4.78, 5) is 22.9. The number of piperidine rings is 1. The zero-order valence-corrected chi connectivity index (χ0v) is 10.5. The fourth-order valence-electron chi connectivity index (χ4n) is 1.67. The minimum Gasteiger partial charge on any atom is -0.357 e. The first kappa shape index (κ1) is 15.2. The van der Waals surface area contributed by atoms with Gasteiger partial charge in [0.25, 0.3) is 0 Å². The van der Waals surface area contributed by atoms with Gasteiger partial charge in [-0.1, -0.05) is 6.42 Å². The Bertz CT molecular complexity index is 242. The molecule has 2 atom stereocenters. The molecule has 0 aromatic rings. The molecule has 0 aliphatic carbocycles. The van der Waals surface area contributed by atoms with Crippen LogP contribution in [0.15, 0.2) is 0 Å². The van der Waals surface area contributed by atoms with Crippen LogP contribution in [0.3, 0.4) is 0 Å². The highest BCUT2D eigenvalue weighted by Crippen LogP contribution is 2.06. The summed E-state index contributed by atoms with van der Waals surface area (Å²) in [6.45, 7) is 2.56. The first-order valence-electron chi connectivity index (χ1n) is 5.40. The van der Waals surface area contributed by atoms with Gasteiger partial charge in [0.05, 0.1) is 6.04 Å². The fourth-order valence-corrected chi connectivity index (χ4v) is 1.67. The molecule has 0 radical (unpaired) electrons. The molecule has 0 aromatic heterocycles. The summed E-state index contributed by atoms with van der Waals surface area (Å²) in [6, 6.07) is -0.600. The second-order valence-corrected chi connectivity index (χ2v) is 3.85. The molecule has 0 aromatic carbocycles. The highest BCUT2D eigenvalue weighted by Gasteiger charge is 2.23. The minimum atomic E-state index is -0.466. The molecule has 5 nitrogen and oxygen atoms in total. The van der Waals surface area contributed by atoms with Gasteiger partial charge in [0.15, 0.2) is 0 Å². The van der Waals surface area contributed by atoms with Crippen molar-refractivity contribution in [1.82, 2.24) is 16.0 Å². The number of hydrogen-bond acceptors (Lipinski definition) is 3. The molecule has 0 unspecified atom stereocenters. The Morgan fingerprint density at radius 3 is 2.56 bits per heavy atom. The van der Waals surface area contributed by atoms with E-state index in [-0.39, 0.29) is 30.3 Å². The average Bonchev–Trinajstić information content (AvgIpc) is 2.29. The Hall–Kier alpha value is -0.810. The number of nitrogens with one attached hydrogen (secondary N) is 3. The van der Waals surface area contributed by atoms with Crippen LogP contribution in [0.5, 0.6) is 0 Å². The third kappa shape index (κ3) is 4.37. The molecule has 94 valence electrons. The maximum atomic E-state index is 11.7. The summed E-state index contributed by atoms with van der Waals surface area (Å²) in [6.07, 6.45) is 3.04. The minimum absolute atomic E-state index is 0. The predicted molar refractivity (Wildman–Crippen MR) is 64.6 cm³/mol. The molecular formula is C10H20ClN3O2. The summed E-state index contributed by atoms with van der Waals surface area (Å²) in [5.41, 5.74) is 0. The fraction of sp³-hybridized carbons (Fsp3) is 0.800. The van der Waals surface area contributed by atoms with Crippen molar-refractivity contribution in [2.24, 2.45) is 0 Å². The van der Waals surface area contributed by atoms with E-state index >= 15 is 0 Å². The normalized spacial score (nSPS) is 21.5. The van der Waals surface area contributed by atoms with Crippen LogP contribution in [0.1, 0.15) is 26.2 Å². The molecule has 1 fully saturated rings. The molecular weight excluding hydrogens is 230 g/mol. The zero-order valence-electron chi connectivity index (χ0n) is 9.71. The van der Waals surface area contributed by atoms with E-state index in [2.05, 4.69) is 16.0 Å². The lowest BCUT2D eigenvalue weighted by Crippen LogP contribution is -2.52. The first-order valence-corrected chi connectivity index (χ1v) is 5.40. The van der Waals surface area contributed by atoms with E-state index in [4.69, 9.17) is 0 Å². The molecule has 0 bridgehead atoms. The van der Waals surface area contributed by atoms with Crippen molar-refractivity contribution in [1.29, 1.82) is 0 Å². The maximum absolute atomic E-state index is 11.7. The van der Waals surface area contributed by atoms with Crippen LogP contribution in [-0.4, -0.2) is 37.5 Å². The van der Waals surface area contributed by atoms with Crippen LogP contribution in [0.25, 0.3) is 0 Å². The second kappa shape index (κ2) is 7.46. The van der Waals surface area contributed by atoms with E-state index in [1.54, 1.807) is 14.0 Å². The lowest BCUT2D eigenvalue weighted by Gasteiger charge is -2.24. The van der Waals surface area contributed by atoms with E-state index in [1.807, 2.05) is 0 Å². The van der Waals surface area contributed by atoms with Crippen molar-refractivity contribution in [3.63, 3.8) is 0 Å². The van der Waals surface area contributed by atoms with Crippen molar-refractivity contribution in [2.75, 3.05) is 13.6 Å². The molecule has 16 heavy (non-hydrogen) atoms. The molecule has 2 amide bonds. The maximum Gasteiger partial charge on any atom is 0.242 e. The molecule has 0 saturated carbocycles. The van der Waals surface area contributed by atoms with Crippen LogP contribution in [-0.2, 0) is 9.59 Å². The van der Waals surface area contributed by atoms with Crippen LogP contribution in [0.2, 0.25) is 0 Å². The standard InChI is InChI=1S/C10H19N3O2.ClH/c1-7(9(14)11-2)13-10(15)8-5-3-4-6-12-8;/h7-8,12H,3-6H2,1-2H3,(H,11,14)(H,13,15);1H/t7-,8+;/m1./s1. The van der Waals surface area contributed by atoms with Crippen molar-refractivity contribution in [3.05, 3.63) is 0 Å². The van der Waals surface area contributed by atoms with E-state index in [0.717, 1.165) is 25.8 Å². The van der Waals surface area contributed by atoms with Crippen LogP contribution >= 0.6 is 12.4 Å². The Morgan fingerprint density at radius 1 is 1.38 bits per heavy atom. The Labute approximate surface area is 102 Å². The van der Waals surface area contributed by atoms with E-state index < -0.39 is 6.04 Å². The topological polar surface area (TPSA) is 70.2 Å². The van der Waals surface area contributed by atoms with Gasteiger partial charge < -0.3 is 16.0 Å². The van der Waals surface area contributed by atoms with Gasteiger partial charge in [-0.2, -0.15) is 0 Å². The molecule has 3 N–H and O–H groups in total. The van der Waals surface area contributed by atoms with Crippen molar-refractivity contribution >= 4 is 24.2 Å². The third-order valence-electron chi connectivity index (χ3n) is 2.63. The van der Waals surface area contributed by atoms with Gasteiger partial charge in [-0.3, -0.25) is 9.59 Å². The monoisotopic (exact) mass is 249 g/mol. The second-order valence-electron chi connectivity index (χ2n) is 3.85. The van der Waals surface area contributed by atoms with Gasteiger partial charge in [0.1, 0.15) is 6.04 Å². The first-order chi connectivity index (χ1) is 7.15. The van der Waals surface area contributed by atoms with Gasteiger partial charge in [0, 0.05) is 7.05 Å². The van der Waals surface area contributed by atoms with Crippen LogP contribution in [0.4, 0.5) is 0 Å². The van der Waals surface area contributed by atoms with Gasteiger partial charge in [0.2, 0.25) is 11.8 Å². The molecule has 1 aliphatic rings. The van der Waals surface area contributed by atoms with Crippen molar-refractivity contribution < 1.29 is 9.59 Å². The lowest BCUT2D eigenvalue weighted by atomic mass is 10.0.